The Bertz CT molecular complexity index is 349. The zero-order valence-electron chi connectivity index (χ0n) is 11.9. The molecule has 1 atom stereocenters. The van der Waals surface area contributed by atoms with Gasteiger partial charge in [0.05, 0.1) is 29.7 Å². The average molecular weight is 366 g/mol. The van der Waals surface area contributed by atoms with Gasteiger partial charge in [0.2, 0.25) is 0 Å². The molecule has 0 saturated heterocycles. The summed E-state index contributed by atoms with van der Waals surface area (Å²) in [6, 6.07) is 4.10. The van der Waals surface area contributed by atoms with Crippen LogP contribution in [0.1, 0.15) is 24.6 Å². The maximum atomic E-state index is 9.74. The molecule has 6 heteroatoms. The summed E-state index contributed by atoms with van der Waals surface area (Å²) in [5.41, 5.74) is 0. The SMILES string of the molecule is CCCCOCCOCC(O)CNCc1ccc(Br)s1. The molecule has 0 spiro atoms. The largest absolute Gasteiger partial charge is 0.389 e. The van der Waals surface area contributed by atoms with E-state index >= 15 is 0 Å². The highest BCUT2D eigenvalue weighted by Gasteiger charge is 2.04. The predicted molar refractivity (Wildman–Crippen MR) is 86.3 cm³/mol. The van der Waals surface area contributed by atoms with Gasteiger partial charge >= 0.3 is 0 Å². The Hall–Kier alpha value is 0.0200. The monoisotopic (exact) mass is 365 g/mol. The maximum Gasteiger partial charge on any atom is 0.0897 e. The quantitative estimate of drug-likeness (QED) is 0.559. The van der Waals surface area contributed by atoms with Crippen LogP contribution in [0.3, 0.4) is 0 Å². The predicted octanol–water partition coefficient (Wildman–Crippen LogP) is 2.79. The molecule has 0 radical (unpaired) electrons. The van der Waals surface area contributed by atoms with E-state index in [1.165, 1.54) is 4.88 Å². The van der Waals surface area contributed by atoms with E-state index in [0.717, 1.165) is 29.8 Å². The first-order chi connectivity index (χ1) is 9.72. The van der Waals surface area contributed by atoms with Crippen LogP contribution in [0.25, 0.3) is 0 Å². The molecule has 20 heavy (non-hydrogen) atoms. The number of nitrogens with one attached hydrogen (secondary N) is 1. The summed E-state index contributed by atoms with van der Waals surface area (Å²) in [7, 11) is 0. The fraction of sp³-hybridized carbons (Fsp3) is 0.714. The summed E-state index contributed by atoms with van der Waals surface area (Å²) in [5.74, 6) is 0. The molecule has 1 heterocycles. The molecular formula is C14H24BrNO3S. The molecule has 0 aliphatic rings. The lowest BCUT2D eigenvalue weighted by Crippen LogP contribution is -2.30. The fourth-order valence-electron chi connectivity index (χ4n) is 1.55. The number of rotatable bonds is 12. The van der Waals surface area contributed by atoms with E-state index in [1.807, 2.05) is 6.07 Å². The molecule has 1 aromatic rings. The first kappa shape index (κ1) is 18.1. The van der Waals surface area contributed by atoms with Crippen molar-refractivity contribution in [2.45, 2.75) is 32.4 Å². The molecule has 2 N–H and O–H groups in total. The van der Waals surface area contributed by atoms with Crippen molar-refractivity contribution in [3.05, 3.63) is 20.8 Å². The molecule has 0 aliphatic carbocycles. The lowest BCUT2D eigenvalue weighted by atomic mass is 10.3. The number of unbranched alkanes of at least 4 members (excludes halogenated alkanes) is 1. The number of thiophene rings is 1. The van der Waals surface area contributed by atoms with Crippen molar-refractivity contribution >= 4 is 27.3 Å². The van der Waals surface area contributed by atoms with Crippen LogP contribution in [-0.2, 0) is 16.0 Å². The van der Waals surface area contributed by atoms with E-state index in [1.54, 1.807) is 11.3 Å². The van der Waals surface area contributed by atoms with Gasteiger partial charge in [0.15, 0.2) is 0 Å². The van der Waals surface area contributed by atoms with Gasteiger partial charge in [0.25, 0.3) is 0 Å². The Morgan fingerprint density at radius 2 is 2.10 bits per heavy atom. The van der Waals surface area contributed by atoms with E-state index in [0.29, 0.717) is 26.4 Å². The minimum Gasteiger partial charge on any atom is -0.389 e. The maximum absolute atomic E-state index is 9.74. The molecule has 0 aliphatic heterocycles. The summed E-state index contributed by atoms with van der Waals surface area (Å²) in [5, 5.41) is 13.0. The second-order valence-corrected chi connectivity index (χ2v) is 7.08. The topological polar surface area (TPSA) is 50.7 Å². The molecular weight excluding hydrogens is 342 g/mol. The zero-order chi connectivity index (χ0) is 14.6. The van der Waals surface area contributed by atoms with Crippen LogP contribution in [0.15, 0.2) is 15.9 Å². The van der Waals surface area contributed by atoms with Gasteiger partial charge in [-0.15, -0.1) is 11.3 Å². The zero-order valence-corrected chi connectivity index (χ0v) is 14.3. The Morgan fingerprint density at radius 3 is 2.80 bits per heavy atom. The molecule has 0 amide bonds. The molecule has 1 aromatic heterocycles. The van der Waals surface area contributed by atoms with Gasteiger partial charge in [-0.2, -0.15) is 0 Å². The normalized spacial score (nSPS) is 12.8. The number of aliphatic hydroxyl groups is 1. The van der Waals surface area contributed by atoms with Gasteiger partial charge in [0, 0.05) is 24.6 Å². The van der Waals surface area contributed by atoms with Crippen LogP contribution in [0.5, 0.6) is 0 Å². The molecule has 0 aromatic carbocycles. The van der Waals surface area contributed by atoms with Crippen molar-refractivity contribution in [2.24, 2.45) is 0 Å². The molecule has 1 unspecified atom stereocenters. The van der Waals surface area contributed by atoms with Crippen molar-refractivity contribution in [3.63, 3.8) is 0 Å². The lowest BCUT2D eigenvalue weighted by Gasteiger charge is -2.12. The van der Waals surface area contributed by atoms with Gasteiger partial charge in [-0.1, -0.05) is 13.3 Å². The summed E-state index contributed by atoms with van der Waals surface area (Å²) in [6.07, 6.45) is 1.76. The van der Waals surface area contributed by atoms with Crippen molar-refractivity contribution < 1.29 is 14.6 Å². The van der Waals surface area contributed by atoms with Crippen molar-refractivity contribution in [2.75, 3.05) is 33.0 Å². The van der Waals surface area contributed by atoms with Gasteiger partial charge < -0.3 is 19.9 Å². The first-order valence-corrected chi connectivity index (χ1v) is 8.61. The number of aliphatic hydroxyl groups excluding tert-OH is 1. The van der Waals surface area contributed by atoms with Crippen LogP contribution in [-0.4, -0.2) is 44.2 Å². The Kier molecular flexibility index (Phi) is 10.5. The summed E-state index contributed by atoms with van der Waals surface area (Å²) >= 11 is 5.12. The standard InChI is InChI=1S/C14H24BrNO3S/c1-2-3-6-18-7-8-19-11-12(17)9-16-10-13-4-5-14(15)20-13/h4-5,12,16-17H,2-3,6-11H2,1H3. The molecule has 0 saturated carbocycles. The fourth-order valence-corrected chi connectivity index (χ4v) is 3.01. The van der Waals surface area contributed by atoms with E-state index in [4.69, 9.17) is 9.47 Å². The smallest absolute Gasteiger partial charge is 0.0897 e. The summed E-state index contributed by atoms with van der Waals surface area (Å²) in [4.78, 5) is 1.24. The molecule has 4 nitrogen and oxygen atoms in total. The lowest BCUT2D eigenvalue weighted by molar-refractivity contribution is 0.00386. The van der Waals surface area contributed by atoms with Crippen LogP contribution >= 0.6 is 27.3 Å². The third-order valence-corrected chi connectivity index (χ3v) is 4.26. The van der Waals surface area contributed by atoms with E-state index in [-0.39, 0.29) is 0 Å². The van der Waals surface area contributed by atoms with Gasteiger partial charge in [-0.25, -0.2) is 0 Å². The summed E-state index contributed by atoms with van der Waals surface area (Å²) in [6.45, 7) is 5.72. The van der Waals surface area contributed by atoms with E-state index < -0.39 is 6.10 Å². The third kappa shape index (κ3) is 9.05. The van der Waals surface area contributed by atoms with Crippen LogP contribution in [0.2, 0.25) is 0 Å². The Balaban J connectivity index is 1.91. The summed E-state index contributed by atoms with van der Waals surface area (Å²) < 4.78 is 11.9. The van der Waals surface area contributed by atoms with E-state index in [9.17, 15) is 5.11 Å². The first-order valence-electron chi connectivity index (χ1n) is 7.01. The Labute approximate surface area is 133 Å². The van der Waals surface area contributed by atoms with Crippen molar-refractivity contribution in [1.82, 2.24) is 5.32 Å². The van der Waals surface area contributed by atoms with E-state index in [2.05, 4.69) is 34.2 Å². The second kappa shape index (κ2) is 11.7. The highest BCUT2D eigenvalue weighted by molar-refractivity contribution is 9.11. The average Bonchev–Trinajstić information content (AvgIpc) is 2.83. The van der Waals surface area contributed by atoms with Crippen LogP contribution < -0.4 is 5.32 Å². The molecule has 116 valence electrons. The number of ether oxygens (including phenoxy) is 2. The van der Waals surface area contributed by atoms with Gasteiger partial charge in [-0.3, -0.25) is 0 Å². The number of halogens is 1. The van der Waals surface area contributed by atoms with Gasteiger partial charge in [0.1, 0.15) is 0 Å². The molecule has 0 bridgehead atoms. The van der Waals surface area contributed by atoms with Crippen LogP contribution in [0, 0.1) is 0 Å². The highest BCUT2D eigenvalue weighted by atomic mass is 79.9. The number of hydrogen-bond acceptors (Lipinski definition) is 5. The molecule has 1 rings (SSSR count). The minimum absolute atomic E-state index is 0.346. The van der Waals surface area contributed by atoms with Crippen molar-refractivity contribution in [1.29, 1.82) is 0 Å². The second-order valence-electron chi connectivity index (χ2n) is 4.53. The third-order valence-electron chi connectivity index (χ3n) is 2.63. The minimum atomic E-state index is -0.478. The molecule has 0 fully saturated rings. The number of hydrogen-bond donors (Lipinski definition) is 2. The van der Waals surface area contributed by atoms with Gasteiger partial charge in [-0.05, 0) is 34.5 Å². The van der Waals surface area contributed by atoms with Crippen molar-refractivity contribution in [3.8, 4) is 0 Å². The Morgan fingerprint density at radius 1 is 1.30 bits per heavy atom. The van der Waals surface area contributed by atoms with Crippen LogP contribution in [0.4, 0.5) is 0 Å². The highest BCUT2D eigenvalue weighted by Crippen LogP contribution is 2.21.